The molecule has 0 bridgehead atoms. The summed E-state index contributed by atoms with van der Waals surface area (Å²) < 4.78 is 3.19. The molecule has 0 spiro atoms. The molecule has 2 aromatic carbocycles. The van der Waals surface area contributed by atoms with Crippen molar-refractivity contribution in [1.82, 2.24) is 9.38 Å². The third-order valence-electron chi connectivity index (χ3n) is 18.4. The summed E-state index contributed by atoms with van der Waals surface area (Å²) in [5, 5.41) is 2.39. The molecule has 73 heteroatoms. The number of aromatic nitrogens is 2. The van der Waals surface area contributed by atoms with Crippen LogP contribution >= 0.6 is 15.9 Å². The zero-order valence-electron chi connectivity index (χ0n) is 52.0. The van der Waals surface area contributed by atoms with Crippen LogP contribution in [0.5, 0.6) is 0 Å². The Kier molecular flexibility index (Phi) is 38.3. The molecule has 312 valence electrons. The Bertz CT molecular complexity index is 2530. The number of hydrogen-bond donors (Lipinski definition) is 0. The average molecular weight is 1090 g/mol. The van der Waals surface area contributed by atoms with Gasteiger partial charge in [0.15, 0.2) is 0 Å². The smallest absolute Gasteiger partial charge is 0.144 e. The lowest BCUT2D eigenvalue weighted by molar-refractivity contribution is 1.20. The van der Waals surface area contributed by atoms with E-state index < -0.39 is 217 Å². The summed E-state index contributed by atoms with van der Waals surface area (Å²) in [7, 11) is 242. The molecule has 0 atom stereocenters. The fourth-order valence-corrected chi connectivity index (χ4v) is 15.6. The lowest BCUT2D eigenvalue weighted by Crippen LogP contribution is -2.98. The van der Waals surface area contributed by atoms with E-state index in [4.69, 9.17) is 279 Å². The highest BCUT2D eigenvalue weighted by molar-refractivity contribution is 9.10. The number of nitrogens with zero attached hydrogens (tertiary/aromatic N) is 2. The number of imidazole rings is 1. The molecule has 91 heavy (non-hydrogen) atoms. The topological polar surface area (TPSA) is 17.3 Å². The molecule has 0 N–H and O–H groups in total. The van der Waals surface area contributed by atoms with Crippen molar-refractivity contribution in [2.45, 2.75) is 6.92 Å². The van der Waals surface area contributed by atoms with Crippen molar-refractivity contribution in [3.05, 3.63) is 71.1 Å². The quantitative estimate of drug-likeness (QED) is 0.0426. The van der Waals surface area contributed by atoms with Crippen molar-refractivity contribution in [2.24, 2.45) is 0 Å². The molecule has 0 fully saturated rings. The van der Waals surface area contributed by atoms with Crippen molar-refractivity contribution in [2.75, 3.05) is 0 Å². The average Bonchev–Trinajstić information content (AvgIpc) is 1.07. The van der Waals surface area contributed by atoms with Crippen LogP contribution in [0.4, 0.5) is 0 Å². The molecule has 4 aromatic rings. The Hall–Kier alpha value is 2.42. The molecule has 0 aliphatic heterocycles. The first-order chi connectivity index (χ1) is 42.0. The molecule has 0 saturated carbocycles. The normalized spacial score (nSPS) is 10.1. The van der Waals surface area contributed by atoms with Gasteiger partial charge in [0, 0.05) is 518 Å². The van der Waals surface area contributed by atoms with Crippen molar-refractivity contribution in [1.29, 1.82) is 0 Å². The lowest BCUT2D eigenvalue weighted by atomic mass is 8.21. The summed E-state index contributed by atoms with van der Waals surface area (Å²) in [4.78, 5) is 4.61. The van der Waals surface area contributed by atoms with E-state index >= 15 is 0 Å². The molecule has 2 heterocycles. The predicted octanol–water partition coefficient (Wildman–Crippen LogP) is -21.4. The summed E-state index contributed by atoms with van der Waals surface area (Å²) in [6.45, 7) is 2.02. The third kappa shape index (κ3) is 22.5. The van der Waals surface area contributed by atoms with Crippen LogP contribution in [0.3, 0.4) is 0 Å². The van der Waals surface area contributed by atoms with Crippen molar-refractivity contribution in [3.63, 3.8) is 0 Å². The van der Waals surface area contributed by atoms with Crippen LogP contribution in [-0.2, 0) is 0 Å². The first kappa shape index (κ1) is 87.6. The number of benzene rings is 2. The van der Waals surface area contributed by atoms with E-state index in [-0.39, 0.29) is 0 Å². The highest BCUT2D eigenvalue weighted by Crippen LogP contribution is 2.32. The Balaban J connectivity index is 0.000000844. The zero-order valence-corrected chi connectivity index (χ0v) is 53.5. The van der Waals surface area contributed by atoms with E-state index in [0.29, 0.717) is 0 Å². The van der Waals surface area contributed by atoms with Crippen LogP contribution in [0, 0.1) is 6.92 Å². The first-order valence-corrected chi connectivity index (χ1v) is 30.6. The van der Waals surface area contributed by atoms with Gasteiger partial charge in [-0.25, -0.2) is 4.98 Å². The van der Waals surface area contributed by atoms with E-state index in [0.717, 1.165) is 15.8 Å². The van der Waals surface area contributed by atoms with Crippen LogP contribution < -0.4 is 0 Å². The van der Waals surface area contributed by atoms with Gasteiger partial charge in [-0.3, -0.25) is 0 Å². The van der Waals surface area contributed by atoms with Crippen molar-refractivity contribution < 1.29 is 0 Å². The van der Waals surface area contributed by atoms with Crippen LogP contribution in [-0.4, -0.2) is 505 Å². The fraction of sp³-hybridized carbons (Fsp3) is 0.0556. The molecular weight excluding hydrogens is 1080 g/mol. The number of rotatable bonds is 34. The first-order valence-electron chi connectivity index (χ1n) is 29.9. The molecule has 2 nitrogen and oxygen atoms in total. The minimum Gasteiger partial charge on any atom is -0.306 e. The number of halogens is 1. The van der Waals surface area contributed by atoms with Gasteiger partial charge in [0.25, 0.3) is 0 Å². The Morgan fingerprint density at radius 1 is 0.297 bits per heavy atom. The molecule has 0 saturated heterocycles. The Morgan fingerprint density at radius 3 is 0.769 bits per heavy atom. The highest BCUT2D eigenvalue weighted by atomic mass is 79.9. The van der Waals surface area contributed by atoms with Gasteiger partial charge in [-0.05, 0) is 41.6 Å². The van der Waals surface area contributed by atoms with Gasteiger partial charge >= 0.3 is 0 Å². The Morgan fingerprint density at radius 2 is 0.527 bits per heavy atom. The van der Waals surface area contributed by atoms with Gasteiger partial charge < -0.3 is 4.40 Å². The van der Waals surface area contributed by atoms with Gasteiger partial charge in [0.2, 0.25) is 0 Å². The van der Waals surface area contributed by atoms with Gasteiger partial charge in [0.05, 0.1) is 5.69 Å². The van der Waals surface area contributed by atoms with Crippen molar-refractivity contribution in [3.8, 4) is 11.1 Å². The second-order valence-corrected chi connectivity index (χ2v) is 25.7. The number of hydrogen-bond acceptors (Lipinski definition) is 1. The molecule has 0 aliphatic carbocycles. The van der Waals surface area contributed by atoms with Gasteiger partial charge in [-0.1, -0.05) is 46.3 Å². The summed E-state index contributed by atoms with van der Waals surface area (Å²) in [6.07, 6.45) is -48.9. The summed E-state index contributed by atoms with van der Waals surface area (Å²) in [6, 6.07) is 17.0. The largest absolute Gasteiger partial charge is 0.306 e. The number of fused-ring (bicyclic) bond motifs is 3. The number of aryl methyl sites for hydroxylation is 1. The minimum absolute atomic E-state index is 1.02. The molecular formula is C18H13B70BrN2. The Labute approximate surface area is 620 Å². The fourth-order valence-electron chi connectivity index (χ4n) is 15.1. The lowest BCUT2D eigenvalue weighted by Gasteiger charge is -2.60. The summed E-state index contributed by atoms with van der Waals surface area (Å²) in [5.74, 6) is 0. The molecule has 0 aliphatic rings. The third-order valence-corrected chi connectivity index (χ3v) is 19.1. The monoisotopic (exact) mass is 1110 g/mol. The molecule has 0 amide bonds. The van der Waals surface area contributed by atoms with E-state index in [2.05, 4.69) is 80.2 Å². The maximum Gasteiger partial charge on any atom is 0.144 e. The molecule has 2 aromatic heterocycles. The van der Waals surface area contributed by atoms with E-state index in [1.807, 2.05) is 13.0 Å². The van der Waals surface area contributed by atoms with E-state index in [1.165, 1.54) is 21.9 Å². The summed E-state index contributed by atoms with van der Waals surface area (Å²) in [5.41, 5.74) is 4.47. The summed E-state index contributed by atoms with van der Waals surface area (Å²) >= 11 is 3.62. The molecule has 4 rings (SSSR count). The van der Waals surface area contributed by atoms with Crippen LogP contribution in [0.15, 0.2) is 65.4 Å². The van der Waals surface area contributed by atoms with Crippen LogP contribution in [0.25, 0.3) is 27.5 Å². The minimum atomic E-state index is -1.72. The predicted molar refractivity (Wildman–Crippen MR) is 493 cm³/mol. The molecule has 0 unspecified atom stereocenters. The maximum absolute atomic E-state index is 6.84. The molecule has 72 radical (unpaired) electrons. The van der Waals surface area contributed by atoms with E-state index in [1.54, 1.807) is 0 Å². The van der Waals surface area contributed by atoms with Crippen LogP contribution in [0.1, 0.15) is 5.69 Å². The second kappa shape index (κ2) is 39.7. The van der Waals surface area contributed by atoms with Crippen LogP contribution in [0.2, 0.25) is 0 Å². The van der Waals surface area contributed by atoms with E-state index in [9.17, 15) is 0 Å². The highest BCUT2D eigenvalue weighted by Gasteiger charge is 2.64. The standard InChI is InChI=1S/C18H13BrN2.B70/c1-12-11-21-9-8-14-10-13(6-7-16(14)18(21)20-12)15-4-2-3-5-17(15)19;1-37(2)55(38(3)4)64(56(39(5)6)40(7)8)68(63(53(33)34)54(35)36)70(67(61(49(25)26)50(27)28)62(51(29)30)52(31)32)69(65(57(41(9)10)42(11)12)58(43(13)14)44(15)16)66(59(45(17)18)46(19)20)60(47(21)22)48(23)24/h2-11H,1H3;. The SMILES string of the molecule is Cc1cn2ccc3cc(-c4ccccc4Br)ccc3c2n1.[B]B([B])B(B([B])[B])B(B(B([B])[B])B([B])[B])B(B(B([B])[B])B([B])[B])B(B(B(B([B])[B])B([B])[B])B(B([B])[B])B([B])[B])B(B(B(B([B])[B])B([B])[B])B(B([B])[B])B([B])[B])B(B(B([B])[B])B([B])[B])B(B([B])[B])B([B])[B]. The van der Waals surface area contributed by atoms with Gasteiger partial charge in [0.1, 0.15) is 5.65 Å². The van der Waals surface area contributed by atoms with Crippen molar-refractivity contribution >= 4 is 528 Å². The number of pyridine rings is 1. The van der Waals surface area contributed by atoms with Gasteiger partial charge in [-0.15, -0.1) is 0 Å². The maximum atomic E-state index is 6.84. The van der Waals surface area contributed by atoms with Gasteiger partial charge in [-0.2, -0.15) is 0 Å². The zero-order chi connectivity index (χ0) is 70.0. The second-order valence-electron chi connectivity index (χ2n) is 24.8.